The van der Waals surface area contributed by atoms with Crippen LogP contribution >= 0.6 is 15.9 Å². The Morgan fingerprint density at radius 3 is 2.80 bits per heavy atom. The molecule has 0 aliphatic rings. The normalized spacial score (nSPS) is 10.1. The first-order valence-corrected chi connectivity index (χ1v) is 5.36. The van der Waals surface area contributed by atoms with Crippen molar-refractivity contribution < 1.29 is 9.13 Å². The van der Waals surface area contributed by atoms with Gasteiger partial charge < -0.3 is 10.5 Å². The molecule has 0 saturated carbocycles. The standard InChI is InChI=1S/C11H13BrFNO/c1-8(12)7-15-11-5-9(2-3-14)4-10(13)6-11/h4-6H,1-3,7,14H2. The molecule has 0 spiro atoms. The number of ether oxygens (including phenoxy) is 1. The van der Waals surface area contributed by atoms with Crippen molar-refractivity contribution in [3.05, 3.63) is 40.6 Å². The summed E-state index contributed by atoms with van der Waals surface area (Å²) in [6.07, 6.45) is 0.642. The van der Waals surface area contributed by atoms with Crippen LogP contribution < -0.4 is 10.5 Å². The molecule has 1 rings (SSSR count). The molecule has 2 nitrogen and oxygen atoms in total. The summed E-state index contributed by atoms with van der Waals surface area (Å²) in [5.74, 6) is 0.190. The van der Waals surface area contributed by atoms with Gasteiger partial charge in [0.25, 0.3) is 0 Å². The molecule has 15 heavy (non-hydrogen) atoms. The lowest BCUT2D eigenvalue weighted by atomic mass is 10.1. The van der Waals surface area contributed by atoms with Gasteiger partial charge in [0, 0.05) is 10.5 Å². The quantitative estimate of drug-likeness (QED) is 0.895. The molecule has 1 aromatic carbocycles. The van der Waals surface area contributed by atoms with Crippen LogP contribution in [0.1, 0.15) is 5.56 Å². The number of hydrogen-bond acceptors (Lipinski definition) is 2. The molecule has 0 atom stereocenters. The highest BCUT2D eigenvalue weighted by Crippen LogP contribution is 2.18. The second-order valence-corrected chi connectivity index (χ2v) is 4.26. The van der Waals surface area contributed by atoms with E-state index in [1.165, 1.54) is 12.1 Å². The average molecular weight is 274 g/mol. The van der Waals surface area contributed by atoms with Crippen LogP contribution in [0.15, 0.2) is 29.3 Å². The Balaban J connectivity index is 2.74. The topological polar surface area (TPSA) is 35.2 Å². The van der Waals surface area contributed by atoms with Crippen molar-refractivity contribution in [2.24, 2.45) is 5.73 Å². The van der Waals surface area contributed by atoms with E-state index in [4.69, 9.17) is 10.5 Å². The van der Waals surface area contributed by atoms with Crippen molar-refractivity contribution in [2.45, 2.75) is 6.42 Å². The molecule has 2 N–H and O–H groups in total. The van der Waals surface area contributed by atoms with Crippen molar-refractivity contribution >= 4 is 15.9 Å². The smallest absolute Gasteiger partial charge is 0.127 e. The van der Waals surface area contributed by atoms with Gasteiger partial charge in [0.05, 0.1) is 0 Å². The molecule has 4 heteroatoms. The lowest BCUT2D eigenvalue weighted by Crippen LogP contribution is -2.04. The molecule has 0 bridgehead atoms. The fourth-order valence-electron chi connectivity index (χ4n) is 1.18. The molecule has 0 unspecified atom stereocenters. The van der Waals surface area contributed by atoms with Gasteiger partial charge in [-0.2, -0.15) is 0 Å². The minimum absolute atomic E-state index is 0.309. The lowest BCUT2D eigenvalue weighted by molar-refractivity contribution is 0.358. The number of rotatable bonds is 5. The van der Waals surface area contributed by atoms with E-state index in [2.05, 4.69) is 22.5 Å². The predicted octanol–water partition coefficient (Wildman–Crippen LogP) is 2.61. The van der Waals surface area contributed by atoms with E-state index in [1.807, 2.05) is 0 Å². The molecular formula is C11H13BrFNO. The van der Waals surface area contributed by atoms with Gasteiger partial charge in [0.15, 0.2) is 0 Å². The van der Waals surface area contributed by atoms with Crippen molar-refractivity contribution in [3.63, 3.8) is 0 Å². The van der Waals surface area contributed by atoms with Gasteiger partial charge in [-0.25, -0.2) is 4.39 Å². The lowest BCUT2D eigenvalue weighted by Gasteiger charge is -2.07. The molecule has 0 aromatic heterocycles. The van der Waals surface area contributed by atoms with Gasteiger partial charge in [-0.15, -0.1) is 0 Å². The van der Waals surface area contributed by atoms with E-state index in [9.17, 15) is 4.39 Å². The van der Waals surface area contributed by atoms with E-state index in [1.54, 1.807) is 6.07 Å². The molecule has 0 aliphatic heterocycles. The maximum absolute atomic E-state index is 13.1. The number of hydrogen-bond donors (Lipinski definition) is 1. The summed E-state index contributed by atoms with van der Waals surface area (Å²) in [4.78, 5) is 0. The summed E-state index contributed by atoms with van der Waals surface area (Å²) >= 11 is 3.17. The number of nitrogens with two attached hydrogens (primary N) is 1. The van der Waals surface area contributed by atoms with Crippen molar-refractivity contribution in [1.82, 2.24) is 0 Å². The van der Waals surface area contributed by atoms with Crippen LogP contribution in [0, 0.1) is 5.82 Å². The Morgan fingerprint density at radius 2 is 2.20 bits per heavy atom. The van der Waals surface area contributed by atoms with E-state index < -0.39 is 0 Å². The second kappa shape index (κ2) is 5.88. The number of benzene rings is 1. The first-order valence-electron chi connectivity index (χ1n) is 4.57. The Hall–Kier alpha value is -0.870. The third-order valence-corrected chi connectivity index (χ3v) is 1.99. The van der Waals surface area contributed by atoms with E-state index >= 15 is 0 Å². The Labute approximate surface area is 97.1 Å². The van der Waals surface area contributed by atoms with E-state index in [-0.39, 0.29) is 5.82 Å². The highest BCUT2D eigenvalue weighted by atomic mass is 79.9. The fraction of sp³-hybridized carbons (Fsp3) is 0.273. The minimum Gasteiger partial charge on any atom is -0.488 e. The summed E-state index contributed by atoms with van der Waals surface area (Å²) in [7, 11) is 0. The zero-order chi connectivity index (χ0) is 11.3. The van der Waals surface area contributed by atoms with Crippen LogP contribution in [0.5, 0.6) is 5.75 Å². The van der Waals surface area contributed by atoms with Crippen LogP contribution in [-0.2, 0) is 6.42 Å². The zero-order valence-corrected chi connectivity index (χ0v) is 9.89. The van der Waals surface area contributed by atoms with Gasteiger partial charge >= 0.3 is 0 Å². The molecule has 0 amide bonds. The molecule has 1 aromatic rings. The first-order chi connectivity index (χ1) is 7.11. The molecular weight excluding hydrogens is 261 g/mol. The van der Waals surface area contributed by atoms with Crippen LogP contribution in [-0.4, -0.2) is 13.2 Å². The third-order valence-electron chi connectivity index (χ3n) is 1.76. The molecule has 0 fully saturated rings. The van der Waals surface area contributed by atoms with Crippen molar-refractivity contribution in [3.8, 4) is 5.75 Å². The van der Waals surface area contributed by atoms with Gasteiger partial charge in [-0.3, -0.25) is 0 Å². The molecule has 0 heterocycles. The predicted molar refractivity (Wildman–Crippen MR) is 62.7 cm³/mol. The van der Waals surface area contributed by atoms with E-state index in [0.717, 1.165) is 5.56 Å². The van der Waals surface area contributed by atoms with Crippen LogP contribution in [0.25, 0.3) is 0 Å². The Kier molecular flexibility index (Phi) is 4.78. The van der Waals surface area contributed by atoms with Crippen LogP contribution in [0.2, 0.25) is 0 Å². The SMILES string of the molecule is C=C(Br)COc1cc(F)cc(CCN)c1. The second-order valence-electron chi connectivity index (χ2n) is 3.14. The van der Waals surface area contributed by atoms with Crippen molar-refractivity contribution in [2.75, 3.05) is 13.2 Å². The van der Waals surface area contributed by atoms with Crippen LogP contribution in [0.4, 0.5) is 4.39 Å². The first kappa shape index (κ1) is 12.2. The van der Waals surface area contributed by atoms with Gasteiger partial charge in [-0.1, -0.05) is 22.5 Å². The van der Waals surface area contributed by atoms with Gasteiger partial charge in [0.1, 0.15) is 18.2 Å². The zero-order valence-electron chi connectivity index (χ0n) is 8.30. The van der Waals surface area contributed by atoms with E-state index in [0.29, 0.717) is 29.8 Å². The maximum atomic E-state index is 13.1. The monoisotopic (exact) mass is 273 g/mol. The Morgan fingerprint density at radius 1 is 1.47 bits per heavy atom. The highest BCUT2D eigenvalue weighted by molar-refractivity contribution is 9.11. The Bertz CT molecular complexity index is 354. The molecule has 0 saturated heterocycles. The van der Waals surface area contributed by atoms with Crippen LogP contribution in [0.3, 0.4) is 0 Å². The highest BCUT2D eigenvalue weighted by Gasteiger charge is 2.01. The molecule has 0 radical (unpaired) electrons. The summed E-state index contributed by atoms with van der Waals surface area (Å²) < 4.78 is 19.1. The summed E-state index contributed by atoms with van der Waals surface area (Å²) in [5, 5.41) is 0. The average Bonchev–Trinajstić information content (AvgIpc) is 2.14. The molecule has 82 valence electrons. The maximum Gasteiger partial charge on any atom is 0.127 e. The van der Waals surface area contributed by atoms with Gasteiger partial charge in [-0.05, 0) is 30.7 Å². The fourth-order valence-corrected chi connectivity index (χ4v) is 1.29. The third kappa shape index (κ3) is 4.44. The summed E-state index contributed by atoms with van der Waals surface area (Å²) in [6.45, 7) is 4.45. The summed E-state index contributed by atoms with van der Waals surface area (Å²) in [6, 6.07) is 4.59. The van der Waals surface area contributed by atoms with Gasteiger partial charge in [0.2, 0.25) is 0 Å². The number of halogens is 2. The summed E-state index contributed by atoms with van der Waals surface area (Å²) in [5.41, 5.74) is 6.24. The largest absolute Gasteiger partial charge is 0.488 e. The van der Waals surface area contributed by atoms with Crippen molar-refractivity contribution in [1.29, 1.82) is 0 Å². The minimum atomic E-state index is -0.309. The molecule has 0 aliphatic carbocycles.